The maximum atomic E-state index is 14.0. The number of alkyl halides is 3. The number of aromatic nitrogens is 1. The molecule has 1 unspecified atom stereocenters. The van der Waals surface area contributed by atoms with E-state index in [-0.39, 0.29) is 41.6 Å². The minimum Gasteiger partial charge on any atom is -0.468 e. The van der Waals surface area contributed by atoms with Crippen LogP contribution >= 0.6 is 24.0 Å². The Hall–Kier alpha value is -2.38. The Bertz CT molecular complexity index is 890. The largest absolute Gasteiger partial charge is 0.468 e. The van der Waals surface area contributed by atoms with Crippen molar-refractivity contribution in [2.45, 2.75) is 25.2 Å². The number of anilines is 1. The molecule has 32 heavy (non-hydrogen) atoms. The monoisotopic (exact) mass is 571 g/mol. The van der Waals surface area contributed by atoms with Crippen molar-refractivity contribution in [3.05, 3.63) is 53.7 Å². The fourth-order valence-electron chi connectivity index (χ4n) is 3.20. The van der Waals surface area contributed by atoms with Crippen molar-refractivity contribution in [1.29, 1.82) is 0 Å². The normalized spacial score (nSPS) is 16.5. The molecule has 6 nitrogen and oxygen atoms in total. The van der Waals surface area contributed by atoms with Crippen LogP contribution < -0.4 is 20.3 Å². The van der Waals surface area contributed by atoms with E-state index in [4.69, 9.17) is 0 Å². The lowest BCUT2D eigenvalue weighted by atomic mass is 10.2. The molecule has 1 fully saturated rings. The molecule has 0 spiro atoms. The van der Waals surface area contributed by atoms with Crippen LogP contribution in [0.2, 0.25) is 0 Å². The second-order valence-electron chi connectivity index (χ2n) is 6.98. The highest BCUT2D eigenvalue weighted by atomic mass is 127. The number of benzene rings is 1. The molecule has 0 amide bonds. The highest BCUT2D eigenvalue weighted by molar-refractivity contribution is 14.0. The van der Waals surface area contributed by atoms with Crippen molar-refractivity contribution in [1.82, 2.24) is 15.6 Å². The molecule has 1 aromatic heterocycles. The predicted octanol–water partition coefficient (Wildman–Crippen LogP) is 3.86. The van der Waals surface area contributed by atoms with Crippen molar-refractivity contribution in [2.24, 2.45) is 4.99 Å². The number of ether oxygens (including phenoxy) is 1. The molecule has 176 valence electrons. The number of rotatable bonds is 6. The first-order valence-electron chi connectivity index (χ1n) is 9.56. The van der Waals surface area contributed by atoms with E-state index in [1.807, 2.05) is 0 Å². The van der Waals surface area contributed by atoms with Gasteiger partial charge in [0, 0.05) is 45.0 Å². The second-order valence-corrected chi connectivity index (χ2v) is 6.98. The van der Waals surface area contributed by atoms with Gasteiger partial charge in [0.1, 0.15) is 17.3 Å². The molecule has 1 saturated heterocycles. The molecule has 3 rings (SSSR count). The van der Waals surface area contributed by atoms with Crippen LogP contribution in [0.3, 0.4) is 0 Å². The summed E-state index contributed by atoms with van der Waals surface area (Å²) in [6.45, 7) is -0.172. The van der Waals surface area contributed by atoms with Crippen LogP contribution in [0, 0.1) is 11.6 Å². The van der Waals surface area contributed by atoms with Crippen LogP contribution in [-0.2, 0) is 6.54 Å². The predicted molar refractivity (Wildman–Crippen MR) is 122 cm³/mol. The summed E-state index contributed by atoms with van der Waals surface area (Å²) in [5.74, 6) is -0.829. The third-order valence-corrected chi connectivity index (χ3v) is 4.65. The fourth-order valence-corrected chi connectivity index (χ4v) is 3.20. The van der Waals surface area contributed by atoms with E-state index in [1.165, 1.54) is 30.5 Å². The quantitative estimate of drug-likeness (QED) is 0.239. The van der Waals surface area contributed by atoms with Crippen LogP contribution in [0.15, 0.2) is 41.5 Å². The molecule has 0 saturated carbocycles. The summed E-state index contributed by atoms with van der Waals surface area (Å²) in [4.78, 5) is 9.63. The third kappa shape index (κ3) is 7.35. The van der Waals surface area contributed by atoms with E-state index in [9.17, 15) is 22.0 Å². The smallest absolute Gasteiger partial charge is 0.422 e. The number of para-hydroxylation sites is 1. The molecule has 2 aromatic rings. The lowest BCUT2D eigenvalue weighted by molar-refractivity contribution is -0.154. The molecule has 0 radical (unpaired) electrons. The van der Waals surface area contributed by atoms with Gasteiger partial charge in [0.25, 0.3) is 0 Å². The number of halogens is 6. The van der Waals surface area contributed by atoms with Crippen molar-refractivity contribution >= 4 is 35.6 Å². The average molecular weight is 571 g/mol. The van der Waals surface area contributed by atoms with Gasteiger partial charge in [-0.3, -0.25) is 4.99 Å². The Morgan fingerprint density at radius 1 is 1.22 bits per heavy atom. The van der Waals surface area contributed by atoms with Gasteiger partial charge in [0.15, 0.2) is 12.6 Å². The second kappa shape index (κ2) is 11.5. The summed E-state index contributed by atoms with van der Waals surface area (Å²) in [5, 5.41) is 6.28. The van der Waals surface area contributed by atoms with Crippen LogP contribution in [0.1, 0.15) is 12.0 Å². The lowest BCUT2D eigenvalue weighted by Crippen LogP contribution is -2.44. The summed E-state index contributed by atoms with van der Waals surface area (Å²) in [5.41, 5.74) is 0.678. The fraction of sp³-hybridized carbons (Fsp3) is 0.400. The molecular formula is C20H23F5IN5O. The number of nitrogens with one attached hydrogen (secondary N) is 2. The van der Waals surface area contributed by atoms with Gasteiger partial charge in [-0.1, -0.05) is 12.1 Å². The Morgan fingerprint density at radius 2 is 1.94 bits per heavy atom. The van der Waals surface area contributed by atoms with E-state index >= 15 is 0 Å². The molecule has 12 heteroatoms. The Labute approximate surface area is 199 Å². The maximum absolute atomic E-state index is 14.0. The molecule has 0 aliphatic carbocycles. The first kappa shape index (κ1) is 25.9. The molecule has 1 atom stereocenters. The van der Waals surface area contributed by atoms with Gasteiger partial charge >= 0.3 is 6.18 Å². The number of hydrogen-bond donors (Lipinski definition) is 2. The van der Waals surface area contributed by atoms with E-state index in [0.29, 0.717) is 37.6 Å². The highest BCUT2D eigenvalue weighted by Gasteiger charge is 2.29. The van der Waals surface area contributed by atoms with Gasteiger partial charge in [-0.15, -0.1) is 24.0 Å². The summed E-state index contributed by atoms with van der Waals surface area (Å²) in [6.07, 6.45) is -2.35. The van der Waals surface area contributed by atoms with Gasteiger partial charge in [-0.2, -0.15) is 13.2 Å². The zero-order chi connectivity index (χ0) is 22.4. The van der Waals surface area contributed by atoms with E-state index in [0.717, 1.165) is 0 Å². The molecule has 1 aliphatic heterocycles. The van der Waals surface area contributed by atoms with Gasteiger partial charge in [0.05, 0.1) is 0 Å². The van der Waals surface area contributed by atoms with Gasteiger partial charge in [-0.05, 0) is 24.1 Å². The first-order chi connectivity index (χ1) is 14.7. The Balaban J connectivity index is 0.00000363. The summed E-state index contributed by atoms with van der Waals surface area (Å²) in [6, 6.07) is 6.67. The molecule has 2 heterocycles. The van der Waals surface area contributed by atoms with Crippen LogP contribution in [-0.4, -0.2) is 49.9 Å². The summed E-state index contributed by atoms with van der Waals surface area (Å²) < 4.78 is 69.1. The van der Waals surface area contributed by atoms with Crippen LogP contribution in [0.25, 0.3) is 0 Å². The molecule has 2 N–H and O–H groups in total. The van der Waals surface area contributed by atoms with Gasteiger partial charge in [-0.25, -0.2) is 13.8 Å². The minimum atomic E-state index is -4.42. The van der Waals surface area contributed by atoms with Crippen LogP contribution in [0.4, 0.5) is 27.6 Å². The topological polar surface area (TPSA) is 61.8 Å². The van der Waals surface area contributed by atoms with E-state index in [2.05, 4.69) is 25.3 Å². The standard InChI is InChI=1S/C20H22F5N5O.HI/c1-26-19(28-10-13-5-6-17(27-9-13)31-12-20(23,24)25)29-14-7-8-30(11-14)18-15(21)3-2-4-16(18)22;/h2-6,9,14H,7-8,10-12H2,1H3,(H2,26,28,29);1H. The van der Waals surface area contributed by atoms with Crippen molar-refractivity contribution in [2.75, 3.05) is 31.6 Å². The Kier molecular flexibility index (Phi) is 9.28. The first-order valence-corrected chi connectivity index (χ1v) is 9.56. The number of aliphatic imine (C=N–C) groups is 1. The molecule has 0 bridgehead atoms. The summed E-state index contributed by atoms with van der Waals surface area (Å²) >= 11 is 0. The van der Waals surface area contributed by atoms with Crippen molar-refractivity contribution < 1.29 is 26.7 Å². The minimum absolute atomic E-state index is 0. The zero-order valence-electron chi connectivity index (χ0n) is 17.1. The van der Waals surface area contributed by atoms with Gasteiger partial charge < -0.3 is 20.3 Å². The highest BCUT2D eigenvalue weighted by Crippen LogP contribution is 2.26. The van der Waals surface area contributed by atoms with Crippen LogP contribution in [0.5, 0.6) is 5.88 Å². The molecular weight excluding hydrogens is 548 g/mol. The summed E-state index contributed by atoms with van der Waals surface area (Å²) in [7, 11) is 1.59. The van der Waals surface area contributed by atoms with E-state index < -0.39 is 24.4 Å². The number of guanidine groups is 1. The van der Waals surface area contributed by atoms with E-state index in [1.54, 1.807) is 18.0 Å². The van der Waals surface area contributed by atoms with Crippen molar-refractivity contribution in [3.8, 4) is 5.88 Å². The zero-order valence-corrected chi connectivity index (χ0v) is 19.5. The van der Waals surface area contributed by atoms with Crippen molar-refractivity contribution in [3.63, 3.8) is 0 Å². The Morgan fingerprint density at radius 3 is 2.53 bits per heavy atom. The third-order valence-electron chi connectivity index (χ3n) is 4.65. The van der Waals surface area contributed by atoms with Gasteiger partial charge in [0.2, 0.25) is 5.88 Å². The molecule has 1 aromatic carbocycles. The lowest BCUT2D eigenvalue weighted by Gasteiger charge is -2.21. The SMILES string of the molecule is CN=C(NCc1ccc(OCC(F)(F)F)nc1)NC1CCN(c2c(F)cccc2F)C1.I. The molecule has 1 aliphatic rings. The number of hydrogen-bond acceptors (Lipinski definition) is 4. The maximum Gasteiger partial charge on any atom is 0.422 e. The number of nitrogens with zero attached hydrogens (tertiary/aromatic N) is 3. The average Bonchev–Trinajstić information content (AvgIpc) is 3.17. The number of pyridine rings is 1.